The van der Waals surface area contributed by atoms with Gasteiger partial charge in [-0.3, -0.25) is 14.6 Å². The molecule has 0 saturated carbocycles. The first-order valence-electron chi connectivity index (χ1n) is 13.2. The van der Waals surface area contributed by atoms with Crippen LogP contribution in [0.4, 0.5) is 0 Å². The summed E-state index contributed by atoms with van der Waals surface area (Å²) in [5, 5.41) is 3.29. The Balaban J connectivity index is 1.92. The SMILES string of the molecule is C=N/C(=C\NC(C)N(Cc1ccc(OC)c(OC)c1)C(=O)[C@@H](N)Cc1c(C)cc(C(N)=O)cc1C)c1ccccc1. The summed E-state index contributed by atoms with van der Waals surface area (Å²) < 4.78 is 10.8. The Labute approximate surface area is 241 Å². The van der Waals surface area contributed by atoms with Crippen LogP contribution < -0.4 is 26.3 Å². The molecule has 0 fully saturated rings. The lowest BCUT2D eigenvalue weighted by molar-refractivity contribution is -0.135. The van der Waals surface area contributed by atoms with Crippen molar-refractivity contribution in [2.24, 2.45) is 16.5 Å². The van der Waals surface area contributed by atoms with Gasteiger partial charge in [0.25, 0.3) is 0 Å². The molecular formula is C32H39N5O4. The zero-order valence-electron chi connectivity index (χ0n) is 24.3. The molecule has 0 aliphatic rings. The molecule has 9 heteroatoms. The minimum absolute atomic E-state index is 0.251. The summed E-state index contributed by atoms with van der Waals surface area (Å²) in [6.07, 6.45) is 1.58. The van der Waals surface area contributed by atoms with E-state index in [1.54, 1.807) is 43.5 Å². The molecule has 0 spiro atoms. The highest BCUT2D eigenvalue weighted by Gasteiger charge is 2.27. The Hall–Kier alpha value is -4.63. The molecule has 41 heavy (non-hydrogen) atoms. The van der Waals surface area contributed by atoms with Gasteiger partial charge in [0.15, 0.2) is 11.5 Å². The maximum atomic E-state index is 13.9. The third kappa shape index (κ3) is 7.73. The van der Waals surface area contributed by atoms with E-state index in [2.05, 4.69) is 17.0 Å². The number of nitrogens with one attached hydrogen (secondary N) is 1. The molecule has 0 aromatic heterocycles. The Morgan fingerprint density at radius 3 is 2.20 bits per heavy atom. The van der Waals surface area contributed by atoms with Crippen molar-refractivity contribution >= 4 is 24.2 Å². The number of nitrogens with two attached hydrogens (primary N) is 2. The van der Waals surface area contributed by atoms with Gasteiger partial charge in [0, 0.05) is 23.9 Å². The molecule has 0 saturated heterocycles. The quantitative estimate of drug-likeness (QED) is 0.215. The highest BCUT2D eigenvalue weighted by Crippen LogP contribution is 2.28. The fourth-order valence-corrected chi connectivity index (χ4v) is 4.68. The second-order valence-electron chi connectivity index (χ2n) is 9.82. The van der Waals surface area contributed by atoms with E-state index in [0.29, 0.717) is 29.2 Å². The van der Waals surface area contributed by atoms with E-state index in [1.165, 1.54) is 0 Å². The number of carbonyl (C=O) groups excluding carboxylic acids is 2. The molecule has 5 N–H and O–H groups in total. The summed E-state index contributed by atoms with van der Waals surface area (Å²) >= 11 is 0. The Morgan fingerprint density at radius 2 is 1.63 bits per heavy atom. The summed E-state index contributed by atoms with van der Waals surface area (Å²) in [7, 11) is 3.14. The predicted molar refractivity (Wildman–Crippen MR) is 163 cm³/mol. The zero-order valence-corrected chi connectivity index (χ0v) is 24.3. The first kappa shape index (κ1) is 30.9. The third-order valence-corrected chi connectivity index (χ3v) is 6.97. The lowest BCUT2D eigenvalue weighted by Crippen LogP contribution is -2.52. The molecular weight excluding hydrogens is 518 g/mol. The van der Waals surface area contributed by atoms with Crippen LogP contribution in [0.25, 0.3) is 5.70 Å². The fraction of sp³-hybridized carbons (Fsp3) is 0.281. The number of benzene rings is 3. The molecule has 2 amide bonds. The first-order chi connectivity index (χ1) is 19.6. The van der Waals surface area contributed by atoms with Gasteiger partial charge in [0.2, 0.25) is 11.8 Å². The normalized spacial score (nSPS) is 12.7. The van der Waals surface area contributed by atoms with Crippen molar-refractivity contribution in [3.8, 4) is 11.5 Å². The van der Waals surface area contributed by atoms with Crippen molar-refractivity contribution < 1.29 is 19.1 Å². The lowest BCUT2D eigenvalue weighted by atomic mass is 9.93. The van der Waals surface area contributed by atoms with Crippen molar-refractivity contribution in [3.63, 3.8) is 0 Å². The number of aliphatic imine (C=N–C) groups is 1. The van der Waals surface area contributed by atoms with Crippen molar-refractivity contribution in [1.82, 2.24) is 10.2 Å². The van der Waals surface area contributed by atoms with E-state index in [4.69, 9.17) is 20.9 Å². The van der Waals surface area contributed by atoms with Crippen LogP contribution >= 0.6 is 0 Å². The van der Waals surface area contributed by atoms with Crippen LogP contribution in [0.1, 0.15) is 45.1 Å². The number of nitrogens with zero attached hydrogens (tertiary/aromatic N) is 2. The van der Waals surface area contributed by atoms with E-state index in [9.17, 15) is 9.59 Å². The highest BCUT2D eigenvalue weighted by atomic mass is 16.5. The van der Waals surface area contributed by atoms with Crippen LogP contribution in [0.3, 0.4) is 0 Å². The monoisotopic (exact) mass is 557 g/mol. The fourth-order valence-electron chi connectivity index (χ4n) is 4.68. The van der Waals surface area contributed by atoms with Crippen LogP contribution in [0.2, 0.25) is 0 Å². The van der Waals surface area contributed by atoms with E-state index in [0.717, 1.165) is 27.8 Å². The molecule has 1 unspecified atom stereocenters. The van der Waals surface area contributed by atoms with Crippen LogP contribution in [-0.4, -0.2) is 49.9 Å². The van der Waals surface area contributed by atoms with Crippen LogP contribution in [-0.2, 0) is 17.8 Å². The number of carbonyl (C=O) groups is 2. The van der Waals surface area contributed by atoms with Gasteiger partial charge >= 0.3 is 0 Å². The molecule has 216 valence electrons. The van der Waals surface area contributed by atoms with Crippen LogP contribution in [0.15, 0.2) is 71.9 Å². The van der Waals surface area contributed by atoms with E-state index in [1.807, 2.05) is 63.2 Å². The maximum absolute atomic E-state index is 13.9. The molecule has 0 aliphatic heterocycles. The number of primary amides is 1. The minimum atomic E-state index is -0.841. The average molecular weight is 558 g/mol. The van der Waals surface area contributed by atoms with Gasteiger partial charge in [-0.2, -0.15) is 0 Å². The number of amides is 2. The topological polar surface area (TPSA) is 132 Å². The summed E-state index contributed by atoms with van der Waals surface area (Å²) in [6, 6.07) is 17.8. The molecule has 0 bridgehead atoms. The number of rotatable bonds is 13. The van der Waals surface area contributed by atoms with Gasteiger partial charge in [-0.1, -0.05) is 36.4 Å². The molecule has 3 rings (SSSR count). The van der Waals surface area contributed by atoms with E-state index >= 15 is 0 Å². The van der Waals surface area contributed by atoms with Gasteiger partial charge in [0.1, 0.15) is 0 Å². The highest BCUT2D eigenvalue weighted by molar-refractivity contribution is 5.93. The molecule has 0 aliphatic carbocycles. The van der Waals surface area contributed by atoms with Gasteiger partial charge in [-0.15, -0.1) is 0 Å². The molecule has 3 aromatic carbocycles. The largest absolute Gasteiger partial charge is 0.493 e. The summed E-state index contributed by atoms with van der Waals surface area (Å²) in [5.41, 5.74) is 17.4. The van der Waals surface area contributed by atoms with Crippen molar-refractivity contribution in [3.05, 3.63) is 100 Å². The number of hydrogen-bond donors (Lipinski definition) is 3. The number of hydrogen-bond acceptors (Lipinski definition) is 7. The Morgan fingerprint density at radius 1 is 1.00 bits per heavy atom. The lowest BCUT2D eigenvalue weighted by Gasteiger charge is -2.32. The second-order valence-corrected chi connectivity index (χ2v) is 9.82. The molecule has 3 aromatic rings. The van der Waals surface area contributed by atoms with E-state index < -0.39 is 18.1 Å². The van der Waals surface area contributed by atoms with E-state index in [-0.39, 0.29) is 12.5 Å². The summed E-state index contributed by atoms with van der Waals surface area (Å²) in [6.45, 7) is 9.60. The first-order valence-corrected chi connectivity index (χ1v) is 13.2. The Kier molecular flexibility index (Phi) is 10.7. The summed E-state index contributed by atoms with van der Waals surface area (Å²) in [5.74, 6) is 0.403. The summed E-state index contributed by atoms with van der Waals surface area (Å²) in [4.78, 5) is 31.4. The molecule has 0 radical (unpaired) electrons. The predicted octanol–water partition coefficient (Wildman–Crippen LogP) is 3.95. The minimum Gasteiger partial charge on any atom is -0.493 e. The van der Waals surface area contributed by atoms with Gasteiger partial charge in [0.05, 0.1) is 32.1 Å². The number of ether oxygens (including phenoxy) is 2. The molecule has 0 heterocycles. The van der Waals surface area contributed by atoms with Crippen molar-refractivity contribution in [2.75, 3.05) is 14.2 Å². The van der Waals surface area contributed by atoms with Gasteiger partial charge < -0.3 is 31.2 Å². The smallest absolute Gasteiger partial charge is 0.248 e. The average Bonchev–Trinajstić information content (AvgIpc) is 2.97. The van der Waals surface area contributed by atoms with Gasteiger partial charge in [-0.25, -0.2) is 0 Å². The number of methoxy groups -OCH3 is 2. The van der Waals surface area contributed by atoms with Gasteiger partial charge in [-0.05, 0) is 80.4 Å². The zero-order chi connectivity index (χ0) is 30.1. The standard InChI is InChI=1S/C32H39N5O4/c1-20-14-25(31(34)38)15-21(2)26(20)17-27(33)32(39)37(19-23-12-13-29(40-5)30(16-23)41-6)22(3)36-18-28(35-4)24-10-8-7-9-11-24/h7-16,18,22,27,36H,4,17,19,33H2,1-3,5-6H3,(H2,34,38)/b28-18-/t22?,27-/m0/s1. The van der Waals surface area contributed by atoms with Crippen LogP contribution in [0, 0.1) is 13.8 Å². The number of aryl methyl sites for hydroxylation is 2. The molecule has 9 nitrogen and oxygen atoms in total. The Bertz CT molecular complexity index is 1400. The van der Waals surface area contributed by atoms with Crippen molar-refractivity contribution in [2.45, 2.75) is 45.9 Å². The van der Waals surface area contributed by atoms with Crippen LogP contribution in [0.5, 0.6) is 11.5 Å². The van der Waals surface area contributed by atoms with Crippen molar-refractivity contribution in [1.29, 1.82) is 0 Å². The maximum Gasteiger partial charge on any atom is 0.248 e. The molecule has 2 atom stereocenters. The third-order valence-electron chi connectivity index (χ3n) is 6.97. The second kappa shape index (κ2) is 14.1.